The molecule has 0 unspecified atom stereocenters. The van der Waals surface area contributed by atoms with Gasteiger partial charge in [-0.3, -0.25) is 9.59 Å². The van der Waals surface area contributed by atoms with Gasteiger partial charge in [0.25, 0.3) is 11.8 Å². The highest BCUT2D eigenvalue weighted by atomic mass is 16.5. The van der Waals surface area contributed by atoms with Gasteiger partial charge in [-0.2, -0.15) is 0 Å². The molecule has 0 radical (unpaired) electrons. The normalized spacial score (nSPS) is 27.1. The van der Waals surface area contributed by atoms with Crippen LogP contribution in [0.2, 0.25) is 0 Å². The topological polar surface area (TPSA) is 99.5 Å². The number of rotatable bonds is 2. The molecule has 3 aliphatic rings. The molecule has 0 aromatic heterocycles. The fraction of sp³-hybridized carbons (Fsp3) is 0.619. The molecule has 2 amide bonds. The van der Waals surface area contributed by atoms with Crippen LogP contribution in [0.5, 0.6) is 0 Å². The van der Waals surface area contributed by atoms with Gasteiger partial charge in [0.2, 0.25) is 0 Å². The van der Waals surface area contributed by atoms with Gasteiger partial charge in [-0.15, -0.1) is 0 Å². The summed E-state index contributed by atoms with van der Waals surface area (Å²) >= 11 is 0. The van der Waals surface area contributed by atoms with Crippen LogP contribution in [0, 0.1) is 0 Å². The average molecular weight is 404 g/mol. The smallest absolute Gasteiger partial charge is 0.254 e. The van der Waals surface area contributed by atoms with E-state index in [2.05, 4.69) is 0 Å². The highest BCUT2D eigenvalue weighted by molar-refractivity contribution is 5.98. The second kappa shape index (κ2) is 8.39. The molecule has 0 bridgehead atoms. The zero-order valence-corrected chi connectivity index (χ0v) is 16.5. The van der Waals surface area contributed by atoms with Crippen LogP contribution in [0.25, 0.3) is 0 Å². The fourth-order valence-electron chi connectivity index (χ4n) is 4.30. The van der Waals surface area contributed by atoms with E-state index in [0.29, 0.717) is 69.8 Å². The van der Waals surface area contributed by atoms with Crippen molar-refractivity contribution in [2.75, 3.05) is 46.0 Å². The highest BCUT2D eigenvalue weighted by Crippen LogP contribution is 2.35. The molecule has 1 spiro atoms. The van der Waals surface area contributed by atoms with Crippen LogP contribution in [-0.2, 0) is 9.47 Å². The molecule has 158 valence electrons. The van der Waals surface area contributed by atoms with Gasteiger partial charge < -0.3 is 29.5 Å². The number of ether oxygens (including phenoxy) is 2. The van der Waals surface area contributed by atoms with Crippen molar-refractivity contribution in [2.24, 2.45) is 0 Å². The Bertz CT molecular complexity index is 738. The van der Waals surface area contributed by atoms with Crippen LogP contribution in [0.1, 0.15) is 40.0 Å². The van der Waals surface area contributed by atoms with Gasteiger partial charge in [-0.05, 0) is 37.1 Å². The van der Waals surface area contributed by atoms with E-state index in [9.17, 15) is 19.8 Å². The zero-order chi connectivity index (χ0) is 20.4. The average Bonchev–Trinajstić information content (AvgIpc) is 2.77. The quantitative estimate of drug-likeness (QED) is 0.734. The number of hydrogen-bond donors (Lipinski definition) is 2. The van der Waals surface area contributed by atoms with Crippen molar-refractivity contribution in [1.29, 1.82) is 0 Å². The van der Waals surface area contributed by atoms with Gasteiger partial charge in [0.05, 0.1) is 31.5 Å². The van der Waals surface area contributed by atoms with Gasteiger partial charge in [0, 0.05) is 43.7 Å². The molecule has 2 N–H and O–H groups in total. The van der Waals surface area contributed by atoms with Crippen molar-refractivity contribution in [3.63, 3.8) is 0 Å². The Kier molecular flexibility index (Phi) is 5.87. The number of carbonyl (C=O) groups is 2. The van der Waals surface area contributed by atoms with Crippen LogP contribution < -0.4 is 0 Å². The second-order valence-electron chi connectivity index (χ2n) is 8.11. The molecular weight excluding hydrogens is 376 g/mol. The summed E-state index contributed by atoms with van der Waals surface area (Å²) in [6.45, 7) is 3.49. The number of carbonyl (C=O) groups excluding carboxylic acids is 2. The van der Waals surface area contributed by atoms with E-state index in [0.717, 1.165) is 0 Å². The van der Waals surface area contributed by atoms with E-state index in [4.69, 9.17) is 9.47 Å². The van der Waals surface area contributed by atoms with Gasteiger partial charge in [-0.1, -0.05) is 0 Å². The SMILES string of the molecule is O=C(c1ccc(C(=O)N2CCC3(CC2)C[C@@H](O)[C@@H](O)CO3)cc1)N1CCOCC1. The van der Waals surface area contributed by atoms with E-state index < -0.39 is 17.8 Å². The van der Waals surface area contributed by atoms with Crippen LogP contribution in [0.15, 0.2) is 24.3 Å². The summed E-state index contributed by atoms with van der Waals surface area (Å²) in [6, 6.07) is 6.83. The van der Waals surface area contributed by atoms with Crippen LogP contribution in [-0.4, -0.2) is 95.6 Å². The predicted octanol–water partition coefficient (Wildman–Crippen LogP) is 0.276. The number of aliphatic hydroxyl groups excluding tert-OH is 2. The molecule has 3 heterocycles. The van der Waals surface area contributed by atoms with Crippen molar-refractivity contribution in [2.45, 2.75) is 37.1 Å². The van der Waals surface area contributed by atoms with Crippen LogP contribution >= 0.6 is 0 Å². The van der Waals surface area contributed by atoms with E-state index in [1.807, 2.05) is 0 Å². The lowest BCUT2D eigenvalue weighted by Gasteiger charge is -2.46. The Morgan fingerprint density at radius 3 is 1.90 bits per heavy atom. The fourth-order valence-corrected chi connectivity index (χ4v) is 4.30. The van der Waals surface area contributed by atoms with Crippen LogP contribution in [0.3, 0.4) is 0 Å². The molecule has 4 rings (SSSR count). The first kappa shape index (κ1) is 20.3. The first-order valence-electron chi connectivity index (χ1n) is 10.2. The number of nitrogens with zero attached hydrogens (tertiary/aromatic N) is 2. The largest absolute Gasteiger partial charge is 0.390 e. The third-order valence-electron chi connectivity index (χ3n) is 6.22. The Labute approximate surface area is 170 Å². The van der Waals surface area contributed by atoms with Gasteiger partial charge in [0.15, 0.2) is 0 Å². The minimum absolute atomic E-state index is 0.0394. The summed E-state index contributed by atoms with van der Waals surface area (Å²) in [7, 11) is 0. The minimum atomic E-state index is -0.834. The number of aliphatic hydroxyl groups is 2. The minimum Gasteiger partial charge on any atom is -0.390 e. The lowest BCUT2D eigenvalue weighted by atomic mass is 9.82. The molecule has 0 aliphatic carbocycles. The summed E-state index contributed by atoms with van der Waals surface area (Å²) in [5.41, 5.74) is 0.674. The lowest BCUT2D eigenvalue weighted by molar-refractivity contribution is -0.185. The Morgan fingerprint density at radius 2 is 1.38 bits per heavy atom. The maximum Gasteiger partial charge on any atom is 0.254 e. The first-order valence-corrected chi connectivity index (χ1v) is 10.2. The zero-order valence-electron chi connectivity index (χ0n) is 16.5. The van der Waals surface area contributed by atoms with E-state index in [1.165, 1.54) is 0 Å². The number of likely N-dealkylation sites (tertiary alicyclic amines) is 1. The molecule has 3 fully saturated rings. The number of amides is 2. The standard InChI is InChI=1S/C21H28N2O6/c24-17-13-21(29-14-18(17)25)5-7-22(8-6-21)19(26)15-1-3-16(4-2-15)20(27)23-9-11-28-12-10-23/h1-4,17-18,24-25H,5-14H2/t17-,18+/m1/s1. The maximum atomic E-state index is 12.9. The molecular formula is C21H28N2O6. The molecule has 1 aromatic carbocycles. The molecule has 3 aliphatic heterocycles. The molecule has 29 heavy (non-hydrogen) atoms. The summed E-state index contributed by atoms with van der Waals surface area (Å²) < 4.78 is 11.1. The Morgan fingerprint density at radius 1 is 0.862 bits per heavy atom. The molecule has 0 saturated carbocycles. The summed E-state index contributed by atoms with van der Waals surface area (Å²) in [4.78, 5) is 28.9. The summed E-state index contributed by atoms with van der Waals surface area (Å²) in [6.07, 6.45) is 0.0577. The van der Waals surface area contributed by atoms with Crippen LogP contribution in [0.4, 0.5) is 0 Å². The molecule has 1 aromatic rings. The van der Waals surface area contributed by atoms with Gasteiger partial charge in [0.1, 0.15) is 6.10 Å². The Hall–Kier alpha value is -2.00. The van der Waals surface area contributed by atoms with Crippen molar-refractivity contribution < 1.29 is 29.3 Å². The molecule has 8 heteroatoms. The number of piperidine rings is 1. The lowest BCUT2D eigenvalue weighted by Crippen LogP contribution is -2.55. The van der Waals surface area contributed by atoms with Crippen molar-refractivity contribution in [3.8, 4) is 0 Å². The van der Waals surface area contributed by atoms with Gasteiger partial charge >= 0.3 is 0 Å². The highest BCUT2D eigenvalue weighted by Gasteiger charge is 2.43. The third-order valence-corrected chi connectivity index (χ3v) is 6.22. The van der Waals surface area contributed by atoms with Crippen molar-refractivity contribution >= 4 is 11.8 Å². The summed E-state index contributed by atoms with van der Waals surface area (Å²) in [5.74, 6) is -0.107. The number of benzene rings is 1. The van der Waals surface area contributed by atoms with Crippen molar-refractivity contribution in [3.05, 3.63) is 35.4 Å². The van der Waals surface area contributed by atoms with Crippen molar-refractivity contribution in [1.82, 2.24) is 9.80 Å². The second-order valence-corrected chi connectivity index (χ2v) is 8.11. The van der Waals surface area contributed by atoms with E-state index >= 15 is 0 Å². The molecule has 2 atom stereocenters. The number of morpholine rings is 1. The predicted molar refractivity (Wildman–Crippen MR) is 104 cm³/mol. The maximum absolute atomic E-state index is 12.9. The monoisotopic (exact) mass is 404 g/mol. The van der Waals surface area contributed by atoms with E-state index in [1.54, 1.807) is 34.1 Å². The third kappa shape index (κ3) is 4.30. The Balaban J connectivity index is 1.35. The molecule has 8 nitrogen and oxygen atoms in total. The summed E-state index contributed by atoms with van der Waals surface area (Å²) in [5, 5.41) is 19.6. The van der Waals surface area contributed by atoms with E-state index in [-0.39, 0.29) is 18.4 Å². The molecule has 3 saturated heterocycles. The first-order chi connectivity index (χ1) is 14.0. The van der Waals surface area contributed by atoms with Gasteiger partial charge in [-0.25, -0.2) is 0 Å². The number of hydrogen-bond acceptors (Lipinski definition) is 6.